The van der Waals surface area contributed by atoms with Crippen LogP contribution in [0.25, 0.3) is 0 Å². The van der Waals surface area contributed by atoms with Crippen molar-refractivity contribution in [2.45, 2.75) is 12.8 Å². The van der Waals surface area contributed by atoms with Crippen molar-refractivity contribution in [2.24, 2.45) is 0 Å². The van der Waals surface area contributed by atoms with E-state index in [2.05, 4.69) is 10.6 Å². The highest BCUT2D eigenvalue weighted by atomic mass is 16.1. The number of hydrogen-bond donors (Lipinski definition) is 2. The Balaban J connectivity index is 2.20. The zero-order valence-electron chi connectivity index (χ0n) is 7.76. The number of fused-ring (bicyclic) bond motifs is 3. The maximum absolute atomic E-state index is 11.4. The smallest absolute Gasteiger partial charge is 0.252 e. The van der Waals surface area contributed by atoms with E-state index in [0.29, 0.717) is 0 Å². The normalized spacial score (nSPS) is 18.1. The first-order valence-electron chi connectivity index (χ1n) is 4.90. The molecule has 0 aromatic heterocycles. The highest BCUT2D eigenvalue weighted by molar-refractivity contribution is 6.01. The largest absolute Gasteiger partial charge is 0.385 e. The lowest BCUT2D eigenvalue weighted by atomic mass is 9.95. The van der Waals surface area contributed by atoms with Crippen LogP contribution in [0.1, 0.15) is 27.9 Å². The lowest BCUT2D eigenvalue weighted by molar-refractivity contribution is 0.0975. The third-order valence-electron chi connectivity index (χ3n) is 2.87. The number of nitrogens with one attached hydrogen (secondary N) is 2. The third-order valence-corrected chi connectivity index (χ3v) is 2.87. The summed E-state index contributed by atoms with van der Waals surface area (Å²) < 4.78 is 0. The van der Waals surface area contributed by atoms with Gasteiger partial charge < -0.3 is 10.6 Å². The summed E-state index contributed by atoms with van der Waals surface area (Å²) in [5.41, 5.74) is 4.36. The van der Waals surface area contributed by atoms with Crippen LogP contribution in [0.5, 0.6) is 0 Å². The summed E-state index contributed by atoms with van der Waals surface area (Å²) in [6.07, 6.45) is 2.21. The van der Waals surface area contributed by atoms with Gasteiger partial charge in [-0.3, -0.25) is 4.79 Å². The number of anilines is 1. The molecule has 3 heteroatoms. The molecule has 0 saturated carbocycles. The Hall–Kier alpha value is -1.51. The molecule has 0 spiro atoms. The molecule has 0 atom stereocenters. The quantitative estimate of drug-likeness (QED) is 0.642. The molecule has 1 aromatic rings. The van der Waals surface area contributed by atoms with Gasteiger partial charge in [-0.1, -0.05) is 0 Å². The number of carbonyl (C=O) groups is 1. The van der Waals surface area contributed by atoms with E-state index in [4.69, 9.17) is 0 Å². The van der Waals surface area contributed by atoms with Gasteiger partial charge in [0.25, 0.3) is 5.91 Å². The lowest BCUT2D eigenvalue weighted by Crippen LogP contribution is -2.13. The first-order valence-corrected chi connectivity index (χ1v) is 4.90. The van der Waals surface area contributed by atoms with Crippen LogP contribution in [0.15, 0.2) is 12.1 Å². The van der Waals surface area contributed by atoms with Crippen molar-refractivity contribution in [2.75, 3.05) is 11.9 Å². The first kappa shape index (κ1) is 7.85. The predicted molar refractivity (Wildman–Crippen MR) is 54.1 cm³/mol. The van der Waals surface area contributed by atoms with Crippen LogP contribution < -0.4 is 10.6 Å². The molecule has 14 heavy (non-hydrogen) atoms. The van der Waals surface area contributed by atoms with Gasteiger partial charge in [0.1, 0.15) is 0 Å². The van der Waals surface area contributed by atoms with Gasteiger partial charge in [-0.15, -0.1) is 0 Å². The van der Waals surface area contributed by atoms with Crippen LogP contribution in [-0.4, -0.2) is 12.5 Å². The predicted octanol–water partition coefficient (Wildman–Crippen LogP) is 1.30. The number of carbonyl (C=O) groups excluding carboxylic acids is 1. The van der Waals surface area contributed by atoms with Crippen molar-refractivity contribution < 1.29 is 4.79 Å². The van der Waals surface area contributed by atoms with Gasteiger partial charge in [-0.25, -0.2) is 0 Å². The highest BCUT2D eigenvalue weighted by Crippen LogP contribution is 2.30. The van der Waals surface area contributed by atoms with Crippen LogP contribution >= 0.6 is 0 Å². The third kappa shape index (κ3) is 0.953. The topological polar surface area (TPSA) is 41.1 Å². The van der Waals surface area contributed by atoms with E-state index < -0.39 is 0 Å². The zero-order valence-corrected chi connectivity index (χ0v) is 7.76. The molecule has 2 heterocycles. The SMILES string of the molecule is O=C1N[CH]c2c1ccc1c2CCCN1. The molecule has 0 bridgehead atoms. The Morgan fingerprint density at radius 2 is 2.21 bits per heavy atom. The number of rotatable bonds is 0. The Labute approximate surface area is 82.5 Å². The number of hydrogen-bond acceptors (Lipinski definition) is 2. The van der Waals surface area contributed by atoms with Gasteiger partial charge >= 0.3 is 0 Å². The standard InChI is InChI=1S/C11H11N2O/c14-11-8-3-4-10-7(2-1-5-12-10)9(8)6-13-11/h3-4,6,12H,1-2,5H2,(H,13,14). The van der Waals surface area contributed by atoms with Crippen molar-refractivity contribution in [3.63, 3.8) is 0 Å². The molecule has 0 saturated heterocycles. The van der Waals surface area contributed by atoms with Crippen molar-refractivity contribution in [1.82, 2.24) is 5.32 Å². The molecule has 1 amide bonds. The summed E-state index contributed by atoms with van der Waals surface area (Å²) in [7, 11) is 0. The van der Waals surface area contributed by atoms with Crippen molar-refractivity contribution >= 4 is 11.6 Å². The minimum Gasteiger partial charge on any atom is -0.385 e. The van der Waals surface area contributed by atoms with Gasteiger partial charge in [0.2, 0.25) is 0 Å². The first-order chi connectivity index (χ1) is 6.86. The Morgan fingerprint density at radius 3 is 3.14 bits per heavy atom. The number of amides is 1. The minimum absolute atomic E-state index is 0.0216. The molecular weight excluding hydrogens is 176 g/mol. The van der Waals surface area contributed by atoms with E-state index in [-0.39, 0.29) is 5.91 Å². The summed E-state index contributed by atoms with van der Waals surface area (Å²) in [5.74, 6) is 0.0216. The molecule has 0 aliphatic carbocycles. The average Bonchev–Trinajstić information content (AvgIpc) is 2.61. The summed E-state index contributed by atoms with van der Waals surface area (Å²) in [4.78, 5) is 11.4. The molecule has 0 unspecified atom stereocenters. The van der Waals surface area contributed by atoms with Crippen molar-refractivity contribution in [1.29, 1.82) is 0 Å². The maximum Gasteiger partial charge on any atom is 0.252 e. The summed E-state index contributed by atoms with van der Waals surface area (Å²) >= 11 is 0. The van der Waals surface area contributed by atoms with E-state index in [0.717, 1.165) is 30.5 Å². The van der Waals surface area contributed by atoms with Crippen LogP contribution in [-0.2, 0) is 6.42 Å². The van der Waals surface area contributed by atoms with E-state index in [1.54, 1.807) is 0 Å². The molecule has 1 aromatic carbocycles. The lowest BCUT2D eigenvalue weighted by Gasteiger charge is -2.19. The van der Waals surface area contributed by atoms with Gasteiger partial charge in [-0.05, 0) is 36.1 Å². The molecule has 2 N–H and O–H groups in total. The van der Waals surface area contributed by atoms with Crippen molar-refractivity contribution in [3.05, 3.63) is 35.4 Å². The van der Waals surface area contributed by atoms with Crippen LogP contribution in [0.3, 0.4) is 0 Å². The van der Waals surface area contributed by atoms with Crippen LogP contribution in [0.4, 0.5) is 5.69 Å². The fraction of sp³-hybridized carbons (Fsp3) is 0.273. The molecule has 2 aliphatic heterocycles. The molecule has 71 valence electrons. The summed E-state index contributed by atoms with van der Waals surface area (Å²) in [5, 5.41) is 6.09. The maximum atomic E-state index is 11.4. The van der Waals surface area contributed by atoms with Crippen molar-refractivity contribution in [3.8, 4) is 0 Å². The van der Waals surface area contributed by atoms with Crippen LogP contribution in [0, 0.1) is 6.54 Å². The van der Waals surface area contributed by atoms with E-state index >= 15 is 0 Å². The van der Waals surface area contributed by atoms with Gasteiger partial charge in [0.05, 0.1) is 6.54 Å². The van der Waals surface area contributed by atoms with Gasteiger partial charge in [-0.2, -0.15) is 0 Å². The Bertz CT molecular complexity index is 412. The highest BCUT2D eigenvalue weighted by Gasteiger charge is 2.24. The monoisotopic (exact) mass is 187 g/mol. The molecule has 2 aliphatic rings. The summed E-state index contributed by atoms with van der Waals surface area (Å²) in [6.45, 7) is 2.86. The van der Waals surface area contributed by atoms with E-state index in [1.807, 2.05) is 18.7 Å². The van der Waals surface area contributed by atoms with Crippen LogP contribution in [0.2, 0.25) is 0 Å². The molecule has 3 rings (SSSR count). The molecular formula is C11H11N2O. The molecule has 1 radical (unpaired) electrons. The van der Waals surface area contributed by atoms with E-state index in [1.165, 1.54) is 11.3 Å². The fourth-order valence-corrected chi connectivity index (χ4v) is 2.17. The van der Waals surface area contributed by atoms with Gasteiger partial charge in [0, 0.05) is 17.8 Å². The Morgan fingerprint density at radius 1 is 1.29 bits per heavy atom. The second kappa shape index (κ2) is 2.74. The van der Waals surface area contributed by atoms with Gasteiger partial charge in [0.15, 0.2) is 0 Å². The molecule has 3 nitrogen and oxygen atoms in total. The average molecular weight is 187 g/mol. The number of benzene rings is 1. The fourth-order valence-electron chi connectivity index (χ4n) is 2.17. The minimum atomic E-state index is 0.0216. The second-order valence-electron chi connectivity index (χ2n) is 3.70. The zero-order chi connectivity index (χ0) is 9.54. The molecule has 0 fully saturated rings. The van der Waals surface area contributed by atoms with E-state index in [9.17, 15) is 4.79 Å². The second-order valence-corrected chi connectivity index (χ2v) is 3.70. The summed E-state index contributed by atoms with van der Waals surface area (Å²) in [6, 6.07) is 3.90. The Kier molecular flexibility index (Phi) is 1.54.